The number of aliphatic hydroxyl groups excluding tert-OH is 1. The van der Waals surface area contributed by atoms with E-state index in [1.165, 1.54) is 19.3 Å². The Morgan fingerprint density at radius 3 is 2.31 bits per heavy atom. The van der Waals surface area contributed by atoms with Crippen molar-refractivity contribution in [3.05, 3.63) is 23.7 Å². The summed E-state index contributed by atoms with van der Waals surface area (Å²) in [5.41, 5.74) is 0. The number of hydrogen-bond donors (Lipinski definition) is 1. The molecule has 0 aliphatic heterocycles. The summed E-state index contributed by atoms with van der Waals surface area (Å²) >= 11 is 0. The zero-order valence-electron chi connectivity index (χ0n) is 10.3. The van der Waals surface area contributed by atoms with Crippen molar-refractivity contribution < 1.29 is 9.52 Å². The van der Waals surface area contributed by atoms with Crippen LogP contribution in [0.15, 0.2) is 16.5 Å². The molecule has 0 unspecified atom stereocenters. The molecule has 1 N–H and O–H groups in total. The molecular weight excluding hydrogens is 200 g/mol. The molecule has 0 bridgehead atoms. The van der Waals surface area contributed by atoms with Gasteiger partial charge in [-0.15, -0.1) is 0 Å². The van der Waals surface area contributed by atoms with Crippen LogP contribution in [0, 0.1) is 5.92 Å². The van der Waals surface area contributed by atoms with Gasteiger partial charge in [-0.2, -0.15) is 0 Å². The van der Waals surface area contributed by atoms with Crippen LogP contribution in [-0.2, 0) is 0 Å². The van der Waals surface area contributed by atoms with Gasteiger partial charge in [0, 0.05) is 5.92 Å². The molecule has 0 radical (unpaired) electrons. The fourth-order valence-electron chi connectivity index (χ4n) is 2.52. The average molecular weight is 222 g/mol. The first-order valence-electron chi connectivity index (χ1n) is 6.46. The van der Waals surface area contributed by atoms with Crippen molar-refractivity contribution >= 4 is 0 Å². The normalized spacial score (nSPS) is 20.2. The van der Waals surface area contributed by atoms with Crippen LogP contribution in [0.25, 0.3) is 0 Å². The third-order valence-electron chi connectivity index (χ3n) is 3.60. The van der Waals surface area contributed by atoms with Crippen molar-refractivity contribution in [3.8, 4) is 0 Å². The lowest BCUT2D eigenvalue weighted by molar-refractivity contribution is 0.0640. The van der Waals surface area contributed by atoms with Gasteiger partial charge >= 0.3 is 0 Å². The van der Waals surface area contributed by atoms with Gasteiger partial charge < -0.3 is 9.52 Å². The Hall–Kier alpha value is -0.760. The molecule has 16 heavy (non-hydrogen) atoms. The number of hydrogen-bond acceptors (Lipinski definition) is 2. The van der Waals surface area contributed by atoms with Gasteiger partial charge in [-0.3, -0.25) is 0 Å². The van der Waals surface area contributed by atoms with E-state index >= 15 is 0 Å². The van der Waals surface area contributed by atoms with Crippen molar-refractivity contribution in [2.75, 3.05) is 0 Å². The summed E-state index contributed by atoms with van der Waals surface area (Å²) in [4.78, 5) is 0. The SMILES string of the molecule is CC(C)c1ccc([C@H](O)C2CCCCC2)o1. The highest BCUT2D eigenvalue weighted by atomic mass is 16.4. The summed E-state index contributed by atoms with van der Waals surface area (Å²) in [6, 6.07) is 3.93. The van der Waals surface area contributed by atoms with Crippen LogP contribution in [0.3, 0.4) is 0 Å². The minimum atomic E-state index is -0.396. The molecule has 1 aliphatic carbocycles. The lowest BCUT2D eigenvalue weighted by Gasteiger charge is -2.25. The largest absolute Gasteiger partial charge is 0.463 e. The Labute approximate surface area is 97.7 Å². The van der Waals surface area contributed by atoms with E-state index in [-0.39, 0.29) is 0 Å². The van der Waals surface area contributed by atoms with E-state index in [0.717, 1.165) is 24.4 Å². The first kappa shape index (κ1) is 11.7. The van der Waals surface area contributed by atoms with Gasteiger partial charge in [0.1, 0.15) is 17.6 Å². The third-order valence-corrected chi connectivity index (χ3v) is 3.60. The Morgan fingerprint density at radius 1 is 1.12 bits per heavy atom. The predicted molar refractivity (Wildman–Crippen MR) is 64.3 cm³/mol. The Morgan fingerprint density at radius 2 is 1.75 bits per heavy atom. The van der Waals surface area contributed by atoms with Gasteiger partial charge in [0.15, 0.2) is 0 Å². The van der Waals surface area contributed by atoms with Gasteiger partial charge in [0.25, 0.3) is 0 Å². The van der Waals surface area contributed by atoms with E-state index < -0.39 is 6.10 Å². The minimum Gasteiger partial charge on any atom is -0.463 e. The molecule has 1 fully saturated rings. The minimum absolute atomic E-state index is 0.396. The van der Waals surface area contributed by atoms with Crippen LogP contribution in [-0.4, -0.2) is 5.11 Å². The molecular formula is C14H22O2. The third kappa shape index (κ3) is 2.49. The molecule has 1 aromatic heterocycles. The van der Waals surface area contributed by atoms with E-state index in [1.54, 1.807) is 0 Å². The van der Waals surface area contributed by atoms with Crippen LogP contribution < -0.4 is 0 Å². The maximum atomic E-state index is 10.2. The van der Waals surface area contributed by atoms with Crippen LogP contribution in [0.5, 0.6) is 0 Å². The van der Waals surface area contributed by atoms with E-state index in [1.807, 2.05) is 12.1 Å². The van der Waals surface area contributed by atoms with E-state index in [2.05, 4.69) is 13.8 Å². The first-order valence-corrected chi connectivity index (χ1v) is 6.46. The summed E-state index contributed by atoms with van der Waals surface area (Å²) in [6.45, 7) is 4.21. The maximum Gasteiger partial charge on any atom is 0.132 e. The second kappa shape index (κ2) is 5.05. The van der Waals surface area contributed by atoms with Gasteiger partial charge in [0.05, 0.1) is 0 Å². The molecule has 0 saturated heterocycles. The number of rotatable bonds is 3. The summed E-state index contributed by atoms with van der Waals surface area (Å²) < 4.78 is 5.71. The van der Waals surface area contributed by atoms with Gasteiger partial charge in [-0.05, 0) is 30.9 Å². The van der Waals surface area contributed by atoms with Crippen LogP contribution in [0.4, 0.5) is 0 Å². The predicted octanol–water partition coefficient (Wildman–Crippen LogP) is 4.02. The van der Waals surface area contributed by atoms with Crippen molar-refractivity contribution in [1.82, 2.24) is 0 Å². The van der Waals surface area contributed by atoms with E-state index in [9.17, 15) is 5.11 Å². The zero-order chi connectivity index (χ0) is 11.5. The Kier molecular flexibility index (Phi) is 3.70. The molecule has 1 saturated carbocycles. The topological polar surface area (TPSA) is 33.4 Å². The summed E-state index contributed by atoms with van der Waals surface area (Å²) in [5.74, 6) is 2.53. The van der Waals surface area contributed by atoms with Gasteiger partial charge in [-0.25, -0.2) is 0 Å². The highest BCUT2D eigenvalue weighted by molar-refractivity contribution is 5.12. The number of aliphatic hydroxyl groups is 1. The molecule has 90 valence electrons. The van der Waals surface area contributed by atoms with Crippen LogP contribution in [0.1, 0.15) is 69.5 Å². The Balaban J connectivity index is 2.04. The smallest absolute Gasteiger partial charge is 0.132 e. The van der Waals surface area contributed by atoms with Crippen LogP contribution >= 0.6 is 0 Å². The maximum absolute atomic E-state index is 10.2. The van der Waals surface area contributed by atoms with Crippen molar-refractivity contribution in [3.63, 3.8) is 0 Å². The molecule has 2 heteroatoms. The fourth-order valence-corrected chi connectivity index (χ4v) is 2.52. The standard InChI is InChI=1S/C14H22O2/c1-10(2)12-8-9-13(16-12)14(15)11-6-4-3-5-7-11/h8-11,14-15H,3-7H2,1-2H3/t14-/m1/s1. The molecule has 1 heterocycles. The monoisotopic (exact) mass is 222 g/mol. The zero-order valence-corrected chi connectivity index (χ0v) is 10.3. The summed E-state index contributed by atoms with van der Waals surface area (Å²) in [6.07, 6.45) is 5.70. The second-order valence-electron chi connectivity index (χ2n) is 5.24. The lowest BCUT2D eigenvalue weighted by atomic mass is 9.84. The Bertz CT molecular complexity index is 321. The second-order valence-corrected chi connectivity index (χ2v) is 5.24. The molecule has 1 aromatic rings. The first-order chi connectivity index (χ1) is 7.68. The lowest BCUT2D eigenvalue weighted by Crippen LogP contribution is -2.15. The molecule has 2 nitrogen and oxygen atoms in total. The van der Waals surface area contributed by atoms with Crippen molar-refractivity contribution in [1.29, 1.82) is 0 Å². The fraction of sp³-hybridized carbons (Fsp3) is 0.714. The van der Waals surface area contributed by atoms with Crippen molar-refractivity contribution in [2.24, 2.45) is 5.92 Å². The number of furan rings is 1. The van der Waals surface area contributed by atoms with Crippen LogP contribution in [0.2, 0.25) is 0 Å². The highest BCUT2D eigenvalue weighted by Crippen LogP contribution is 2.35. The van der Waals surface area contributed by atoms with E-state index in [0.29, 0.717) is 11.8 Å². The highest BCUT2D eigenvalue weighted by Gasteiger charge is 2.25. The average Bonchev–Trinajstić information content (AvgIpc) is 2.78. The summed E-state index contributed by atoms with van der Waals surface area (Å²) in [5, 5.41) is 10.2. The quantitative estimate of drug-likeness (QED) is 0.838. The van der Waals surface area contributed by atoms with E-state index in [4.69, 9.17) is 4.42 Å². The molecule has 2 rings (SSSR count). The molecule has 0 amide bonds. The van der Waals surface area contributed by atoms with Crippen molar-refractivity contribution in [2.45, 2.75) is 58.0 Å². The molecule has 1 atom stereocenters. The van der Waals surface area contributed by atoms with Gasteiger partial charge in [0.2, 0.25) is 0 Å². The molecule has 0 spiro atoms. The summed E-state index contributed by atoms with van der Waals surface area (Å²) in [7, 11) is 0. The molecule has 0 aromatic carbocycles. The molecule has 1 aliphatic rings. The van der Waals surface area contributed by atoms with Gasteiger partial charge in [-0.1, -0.05) is 33.1 Å².